The zero-order valence-electron chi connectivity index (χ0n) is 10.0. The van der Waals surface area contributed by atoms with Gasteiger partial charge in [-0.15, -0.1) is 0 Å². The number of morpholine rings is 1. The van der Waals surface area contributed by atoms with Crippen LogP contribution in [0.15, 0.2) is 24.3 Å². The van der Waals surface area contributed by atoms with E-state index in [-0.39, 0.29) is 6.10 Å². The van der Waals surface area contributed by atoms with Gasteiger partial charge in [-0.3, -0.25) is 4.90 Å². The van der Waals surface area contributed by atoms with E-state index in [1.807, 2.05) is 6.07 Å². The molecule has 1 aliphatic heterocycles. The minimum atomic E-state index is -0.283. The summed E-state index contributed by atoms with van der Waals surface area (Å²) in [6, 6.07) is 8.26. The summed E-state index contributed by atoms with van der Waals surface area (Å²) < 4.78 is 5.35. The lowest BCUT2D eigenvalue weighted by atomic mass is 10.0. The van der Waals surface area contributed by atoms with Crippen LogP contribution in [0.4, 0.5) is 0 Å². The number of aliphatic hydroxyl groups is 1. The minimum Gasteiger partial charge on any atom is -0.388 e. The van der Waals surface area contributed by atoms with Gasteiger partial charge >= 0.3 is 0 Å². The van der Waals surface area contributed by atoms with Crippen LogP contribution in [0.5, 0.6) is 0 Å². The third-order valence-electron chi connectivity index (χ3n) is 3.90. The van der Waals surface area contributed by atoms with Crippen molar-refractivity contribution in [3.63, 3.8) is 0 Å². The Labute approximate surface area is 102 Å². The predicted molar refractivity (Wildman–Crippen MR) is 65.9 cm³/mol. The van der Waals surface area contributed by atoms with Gasteiger partial charge in [-0.05, 0) is 17.5 Å². The summed E-state index contributed by atoms with van der Waals surface area (Å²) in [4.78, 5) is 2.41. The van der Waals surface area contributed by atoms with E-state index < -0.39 is 0 Å². The van der Waals surface area contributed by atoms with Crippen molar-refractivity contribution >= 4 is 0 Å². The number of aliphatic hydroxyl groups excluding tert-OH is 1. The molecule has 92 valence electrons. The van der Waals surface area contributed by atoms with Crippen LogP contribution >= 0.6 is 0 Å². The number of rotatable bonds is 2. The van der Waals surface area contributed by atoms with E-state index in [1.54, 1.807) is 0 Å². The SMILES string of the molecule is O[C@H]1c2ccccc2C[C@@H]1CN1CCOCC1. The highest BCUT2D eigenvalue weighted by Crippen LogP contribution is 2.36. The van der Waals surface area contributed by atoms with Gasteiger partial charge in [-0.1, -0.05) is 24.3 Å². The number of benzene rings is 1. The Hall–Kier alpha value is -0.900. The van der Waals surface area contributed by atoms with E-state index in [4.69, 9.17) is 4.74 Å². The molecule has 0 saturated carbocycles. The Balaban J connectivity index is 1.67. The molecule has 1 fully saturated rings. The van der Waals surface area contributed by atoms with E-state index in [1.165, 1.54) is 5.56 Å². The molecule has 1 N–H and O–H groups in total. The molecule has 1 aliphatic carbocycles. The summed E-state index contributed by atoms with van der Waals surface area (Å²) in [5.41, 5.74) is 2.45. The first-order chi connectivity index (χ1) is 8.34. The molecular formula is C14H19NO2. The second-order valence-corrected chi connectivity index (χ2v) is 5.02. The van der Waals surface area contributed by atoms with E-state index in [2.05, 4.69) is 23.1 Å². The maximum atomic E-state index is 10.3. The molecule has 3 nitrogen and oxygen atoms in total. The molecule has 1 aromatic rings. The molecule has 1 saturated heterocycles. The zero-order chi connectivity index (χ0) is 11.7. The Morgan fingerprint density at radius 3 is 2.76 bits per heavy atom. The van der Waals surface area contributed by atoms with Crippen LogP contribution in [0.3, 0.4) is 0 Å². The predicted octanol–water partition coefficient (Wildman–Crippen LogP) is 1.22. The molecule has 1 heterocycles. The Morgan fingerprint density at radius 1 is 1.24 bits per heavy atom. The van der Waals surface area contributed by atoms with E-state index in [0.29, 0.717) is 5.92 Å². The van der Waals surface area contributed by atoms with Gasteiger partial charge in [0.05, 0.1) is 19.3 Å². The maximum Gasteiger partial charge on any atom is 0.0836 e. The highest BCUT2D eigenvalue weighted by Gasteiger charge is 2.31. The number of ether oxygens (including phenoxy) is 1. The topological polar surface area (TPSA) is 32.7 Å². The van der Waals surface area contributed by atoms with Crippen molar-refractivity contribution in [2.45, 2.75) is 12.5 Å². The van der Waals surface area contributed by atoms with Gasteiger partial charge in [0.15, 0.2) is 0 Å². The van der Waals surface area contributed by atoms with Crippen molar-refractivity contribution in [2.24, 2.45) is 5.92 Å². The molecule has 0 radical (unpaired) electrons. The summed E-state index contributed by atoms with van der Waals surface area (Å²) in [5, 5.41) is 10.3. The van der Waals surface area contributed by atoms with Gasteiger partial charge < -0.3 is 9.84 Å². The highest BCUT2D eigenvalue weighted by molar-refractivity contribution is 5.34. The van der Waals surface area contributed by atoms with Gasteiger partial charge in [-0.25, -0.2) is 0 Å². The number of fused-ring (bicyclic) bond motifs is 1. The van der Waals surface area contributed by atoms with Gasteiger partial charge in [0.1, 0.15) is 0 Å². The lowest BCUT2D eigenvalue weighted by Crippen LogP contribution is -2.40. The maximum absolute atomic E-state index is 10.3. The average Bonchev–Trinajstić information content (AvgIpc) is 2.68. The normalized spacial score (nSPS) is 29.2. The molecule has 0 bridgehead atoms. The lowest BCUT2D eigenvalue weighted by Gasteiger charge is -2.30. The summed E-state index contributed by atoms with van der Waals surface area (Å²) in [6.45, 7) is 4.64. The Kier molecular flexibility index (Phi) is 3.14. The number of hydrogen-bond donors (Lipinski definition) is 1. The van der Waals surface area contributed by atoms with E-state index >= 15 is 0 Å². The molecule has 1 aromatic carbocycles. The van der Waals surface area contributed by atoms with Gasteiger partial charge in [-0.2, -0.15) is 0 Å². The van der Waals surface area contributed by atoms with Crippen LogP contribution in [0.2, 0.25) is 0 Å². The van der Waals surface area contributed by atoms with Crippen molar-refractivity contribution in [3.05, 3.63) is 35.4 Å². The van der Waals surface area contributed by atoms with Crippen LogP contribution in [0, 0.1) is 5.92 Å². The van der Waals surface area contributed by atoms with Gasteiger partial charge in [0.25, 0.3) is 0 Å². The molecule has 3 heteroatoms. The first-order valence-electron chi connectivity index (χ1n) is 6.40. The van der Waals surface area contributed by atoms with Crippen molar-refractivity contribution in [1.82, 2.24) is 4.90 Å². The summed E-state index contributed by atoms with van der Waals surface area (Å²) in [5.74, 6) is 0.352. The molecule has 0 unspecified atom stereocenters. The molecule has 0 amide bonds. The average molecular weight is 233 g/mol. The fourth-order valence-electron chi connectivity index (χ4n) is 2.94. The number of nitrogens with zero attached hydrogens (tertiary/aromatic N) is 1. The molecule has 17 heavy (non-hydrogen) atoms. The third kappa shape index (κ3) is 2.23. The minimum absolute atomic E-state index is 0.283. The van der Waals surface area contributed by atoms with Crippen molar-refractivity contribution in [3.8, 4) is 0 Å². The first kappa shape index (κ1) is 11.2. The van der Waals surface area contributed by atoms with Crippen LogP contribution in [0.1, 0.15) is 17.2 Å². The third-order valence-corrected chi connectivity index (χ3v) is 3.90. The fraction of sp³-hybridized carbons (Fsp3) is 0.571. The lowest BCUT2D eigenvalue weighted by molar-refractivity contribution is 0.0155. The smallest absolute Gasteiger partial charge is 0.0836 e. The molecule has 3 rings (SSSR count). The van der Waals surface area contributed by atoms with Crippen LogP contribution in [0.25, 0.3) is 0 Å². The van der Waals surface area contributed by atoms with Crippen molar-refractivity contribution in [2.75, 3.05) is 32.8 Å². The Bertz CT molecular complexity index is 388. The number of hydrogen-bond acceptors (Lipinski definition) is 3. The zero-order valence-corrected chi connectivity index (χ0v) is 10.0. The molecule has 2 atom stereocenters. The standard InChI is InChI=1S/C14H19NO2/c16-14-12(10-15-5-7-17-8-6-15)9-11-3-1-2-4-13(11)14/h1-4,12,14,16H,5-10H2/t12-,14-/m1/s1. The van der Waals surface area contributed by atoms with Gasteiger partial charge in [0.2, 0.25) is 0 Å². The summed E-state index contributed by atoms with van der Waals surface area (Å²) in [7, 11) is 0. The van der Waals surface area contributed by atoms with E-state index in [0.717, 1.165) is 44.8 Å². The van der Waals surface area contributed by atoms with Crippen molar-refractivity contribution in [1.29, 1.82) is 0 Å². The highest BCUT2D eigenvalue weighted by atomic mass is 16.5. The van der Waals surface area contributed by atoms with E-state index in [9.17, 15) is 5.11 Å². The largest absolute Gasteiger partial charge is 0.388 e. The molecule has 0 spiro atoms. The van der Waals surface area contributed by atoms with Crippen LogP contribution in [-0.2, 0) is 11.2 Å². The van der Waals surface area contributed by atoms with Crippen LogP contribution in [-0.4, -0.2) is 42.9 Å². The summed E-state index contributed by atoms with van der Waals surface area (Å²) in [6.07, 6.45) is 0.725. The summed E-state index contributed by atoms with van der Waals surface area (Å²) >= 11 is 0. The van der Waals surface area contributed by atoms with Gasteiger partial charge in [0, 0.05) is 25.6 Å². The monoisotopic (exact) mass is 233 g/mol. The quantitative estimate of drug-likeness (QED) is 0.834. The second kappa shape index (κ2) is 4.77. The second-order valence-electron chi connectivity index (χ2n) is 5.02. The molecule has 0 aromatic heterocycles. The van der Waals surface area contributed by atoms with Crippen LogP contribution < -0.4 is 0 Å². The first-order valence-corrected chi connectivity index (χ1v) is 6.40. The molecular weight excluding hydrogens is 214 g/mol. The van der Waals surface area contributed by atoms with Crippen molar-refractivity contribution < 1.29 is 9.84 Å². The Morgan fingerprint density at radius 2 is 2.00 bits per heavy atom. The fourth-order valence-corrected chi connectivity index (χ4v) is 2.94. The molecule has 2 aliphatic rings.